The number of hydrogen-bond acceptors (Lipinski definition) is 7. The standard InChI is InChI=1S/C22H30N6O4/c1-28(2)12-11-24-14-20(29)25-18-9-7-16(8-10-18)15-3-5-17(6-4-15)21(30)26-19(13-23)22(31)27-32/h3-10,19,24,32H,11-14,23H2,1-2H3,(H,25,29)(H,26,30)(H,27,31)/t19-/m0/s1. The topological polar surface area (TPSA) is 149 Å². The second-order valence-electron chi connectivity index (χ2n) is 7.42. The summed E-state index contributed by atoms with van der Waals surface area (Å²) in [6.07, 6.45) is 0. The van der Waals surface area contributed by atoms with Crippen molar-refractivity contribution in [3.05, 3.63) is 54.1 Å². The van der Waals surface area contributed by atoms with E-state index < -0.39 is 17.9 Å². The molecule has 2 aromatic rings. The molecule has 2 aromatic carbocycles. The number of nitrogens with two attached hydrogens (primary N) is 1. The first-order chi connectivity index (χ1) is 15.3. The molecule has 0 heterocycles. The molecule has 0 radical (unpaired) electrons. The van der Waals surface area contributed by atoms with Crippen molar-refractivity contribution in [3.8, 4) is 11.1 Å². The molecule has 1 atom stereocenters. The Hall–Kier alpha value is -3.31. The molecule has 0 aromatic heterocycles. The van der Waals surface area contributed by atoms with Gasteiger partial charge in [-0.2, -0.15) is 0 Å². The van der Waals surface area contributed by atoms with Gasteiger partial charge in [0, 0.05) is 30.9 Å². The molecule has 2 rings (SSSR count). The number of carbonyl (C=O) groups is 3. The number of rotatable bonds is 11. The number of nitrogens with zero attached hydrogens (tertiary/aromatic N) is 1. The number of likely N-dealkylation sites (N-methyl/N-ethyl adjacent to an activating group) is 1. The van der Waals surface area contributed by atoms with E-state index >= 15 is 0 Å². The van der Waals surface area contributed by atoms with Gasteiger partial charge in [-0.3, -0.25) is 19.6 Å². The van der Waals surface area contributed by atoms with Gasteiger partial charge in [0.1, 0.15) is 6.04 Å². The highest BCUT2D eigenvalue weighted by Gasteiger charge is 2.19. The fourth-order valence-electron chi connectivity index (χ4n) is 2.82. The van der Waals surface area contributed by atoms with Crippen LogP contribution in [0.3, 0.4) is 0 Å². The minimum absolute atomic E-state index is 0.113. The third kappa shape index (κ3) is 7.75. The summed E-state index contributed by atoms with van der Waals surface area (Å²) in [6.45, 7) is 1.68. The second kappa shape index (κ2) is 12.5. The maximum atomic E-state index is 12.3. The number of carbonyl (C=O) groups excluding carboxylic acids is 3. The molecule has 0 fully saturated rings. The average Bonchev–Trinajstić information content (AvgIpc) is 2.80. The molecule has 0 saturated carbocycles. The van der Waals surface area contributed by atoms with Gasteiger partial charge in [0.05, 0.1) is 6.54 Å². The van der Waals surface area contributed by atoms with Crippen molar-refractivity contribution in [2.24, 2.45) is 5.73 Å². The van der Waals surface area contributed by atoms with Crippen molar-refractivity contribution in [1.82, 2.24) is 21.0 Å². The molecule has 172 valence electrons. The number of hydroxylamine groups is 1. The van der Waals surface area contributed by atoms with Gasteiger partial charge in [0.15, 0.2) is 0 Å². The Balaban J connectivity index is 1.92. The van der Waals surface area contributed by atoms with Gasteiger partial charge in [-0.15, -0.1) is 0 Å². The van der Waals surface area contributed by atoms with Gasteiger partial charge >= 0.3 is 0 Å². The van der Waals surface area contributed by atoms with E-state index in [-0.39, 0.29) is 19.0 Å². The maximum absolute atomic E-state index is 12.3. The average molecular weight is 443 g/mol. The molecule has 0 unspecified atom stereocenters. The van der Waals surface area contributed by atoms with E-state index in [4.69, 9.17) is 10.9 Å². The third-order valence-electron chi connectivity index (χ3n) is 4.64. The lowest BCUT2D eigenvalue weighted by molar-refractivity contribution is -0.130. The minimum atomic E-state index is -1.03. The number of hydrogen-bond donors (Lipinski definition) is 6. The monoisotopic (exact) mass is 442 g/mol. The van der Waals surface area contributed by atoms with Crippen molar-refractivity contribution in [2.45, 2.75) is 6.04 Å². The fourth-order valence-corrected chi connectivity index (χ4v) is 2.82. The molecular weight excluding hydrogens is 412 g/mol. The Bertz CT molecular complexity index is 900. The van der Waals surface area contributed by atoms with Gasteiger partial charge in [-0.05, 0) is 49.5 Å². The number of benzene rings is 2. The van der Waals surface area contributed by atoms with E-state index in [9.17, 15) is 14.4 Å². The van der Waals surface area contributed by atoms with Crippen LogP contribution < -0.4 is 27.2 Å². The lowest BCUT2D eigenvalue weighted by Crippen LogP contribution is -2.50. The minimum Gasteiger partial charge on any atom is -0.339 e. The highest BCUT2D eigenvalue weighted by atomic mass is 16.5. The summed E-state index contributed by atoms with van der Waals surface area (Å²) < 4.78 is 0. The molecule has 0 spiro atoms. The van der Waals surface area contributed by atoms with E-state index in [1.54, 1.807) is 24.3 Å². The molecule has 7 N–H and O–H groups in total. The van der Waals surface area contributed by atoms with Crippen LogP contribution in [0.2, 0.25) is 0 Å². The first kappa shape index (κ1) is 25.0. The third-order valence-corrected chi connectivity index (χ3v) is 4.64. The molecule has 0 bridgehead atoms. The van der Waals surface area contributed by atoms with Crippen molar-refractivity contribution in [3.63, 3.8) is 0 Å². The zero-order valence-corrected chi connectivity index (χ0v) is 18.2. The van der Waals surface area contributed by atoms with Gasteiger partial charge in [-0.25, -0.2) is 5.48 Å². The van der Waals surface area contributed by atoms with Crippen LogP contribution in [0.15, 0.2) is 48.5 Å². The predicted molar refractivity (Wildman–Crippen MR) is 122 cm³/mol. The van der Waals surface area contributed by atoms with Crippen LogP contribution in [-0.2, 0) is 9.59 Å². The SMILES string of the molecule is CN(C)CCNCC(=O)Nc1ccc(-c2ccc(C(=O)N[C@@H](CN)C(=O)NO)cc2)cc1. The fraction of sp³-hybridized carbons (Fsp3) is 0.318. The number of nitrogens with one attached hydrogen (secondary N) is 4. The van der Waals surface area contributed by atoms with Crippen LogP contribution in [0.1, 0.15) is 10.4 Å². The summed E-state index contributed by atoms with van der Waals surface area (Å²) in [5.41, 5.74) is 9.75. The zero-order chi connectivity index (χ0) is 23.5. The molecular formula is C22H30N6O4. The lowest BCUT2D eigenvalue weighted by Gasteiger charge is -2.14. The highest BCUT2D eigenvalue weighted by molar-refractivity contribution is 5.98. The smallest absolute Gasteiger partial charge is 0.267 e. The summed E-state index contributed by atoms with van der Waals surface area (Å²) in [5, 5.41) is 17.1. The summed E-state index contributed by atoms with van der Waals surface area (Å²) in [6, 6.07) is 13.2. The maximum Gasteiger partial charge on any atom is 0.267 e. The number of amides is 3. The van der Waals surface area contributed by atoms with Crippen molar-refractivity contribution in [1.29, 1.82) is 0 Å². The predicted octanol–water partition coefficient (Wildman–Crippen LogP) is 0.00580. The van der Waals surface area contributed by atoms with Gasteiger partial charge in [-0.1, -0.05) is 24.3 Å². The molecule has 0 saturated heterocycles. The molecule has 0 aliphatic rings. The van der Waals surface area contributed by atoms with E-state index in [2.05, 4.69) is 16.0 Å². The van der Waals surface area contributed by atoms with E-state index in [0.29, 0.717) is 11.3 Å². The Morgan fingerprint density at radius 1 is 1.00 bits per heavy atom. The zero-order valence-electron chi connectivity index (χ0n) is 18.2. The first-order valence-corrected chi connectivity index (χ1v) is 10.1. The van der Waals surface area contributed by atoms with E-state index in [1.165, 1.54) is 5.48 Å². The highest BCUT2D eigenvalue weighted by Crippen LogP contribution is 2.22. The Morgan fingerprint density at radius 3 is 2.12 bits per heavy atom. The van der Waals surface area contributed by atoms with Gasteiger partial charge < -0.3 is 26.6 Å². The molecule has 10 heteroatoms. The van der Waals surface area contributed by atoms with Crippen LogP contribution in [0.5, 0.6) is 0 Å². The summed E-state index contributed by atoms with van der Waals surface area (Å²) >= 11 is 0. The van der Waals surface area contributed by atoms with Gasteiger partial charge in [0.2, 0.25) is 5.91 Å². The largest absolute Gasteiger partial charge is 0.339 e. The van der Waals surface area contributed by atoms with Crippen molar-refractivity contribution < 1.29 is 19.6 Å². The molecule has 32 heavy (non-hydrogen) atoms. The first-order valence-electron chi connectivity index (χ1n) is 10.1. The summed E-state index contributed by atoms with van der Waals surface area (Å²) in [5.74, 6) is -1.38. The quantitative estimate of drug-likeness (QED) is 0.163. The van der Waals surface area contributed by atoms with Crippen LogP contribution in [0.4, 0.5) is 5.69 Å². The number of anilines is 1. The normalized spacial score (nSPS) is 11.7. The molecule has 0 aliphatic carbocycles. The van der Waals surface area contributed by atoms with Crippen molar-refractivity contribution in [2.75, 3.05) is 45.6 Å². The van der Waals surface area contributed by atoms with Crippen molar-refractivity contribution >= 4 is 23.4 Å². The van der Waals surface area contributed by atoms with Crippen LogP contribution in [0, 0.1) is 0 Å². The van der Waals surface area contributed by atoms with E-state index in [1.807, 2.05) is 43.3 Å². The van der Waals surface area contributed by atoms with Crippen LogP contribution in [0.25, 0.3) is 11.1 Å². The molecule has 10 nitrogen and oxygen atoms in total. The second-order valence-corrected chi connectivity index (χ2v) is 7.42. The lowest BCUT2D eigenvalue weighted by atomic mass is 10.0. The van der Waals surface area contributed by atoms with E-state index in [0.717, 1.165) is 24.2 Å². The van der Waals surface area contributed by atoms with Crippen LogP contribution in [-0.4, -0.2) is 74.1 Å². The summed E-state index contributed by atoms with van der Waals surface area (Å²) in [4.78, 5) is 37.8. The van der Waals surface area contributed by atoms with Gasteiger partial charge in [0.25, 0.3) is 11.8 Å². The Kier molecular flexibility index (Phi) is 9.76. The Labute approximate surface area is 187 Å². The Morgan fingerprint density at radius 2 is 1.59 bits per heavy atom. The molecule has 3 amide bonds. The van der Waals surface area contributed by atoms with Crippen LogP contribution >= 0.6 is 0 Å². The summed E-state index contributed by atoms with van der Waals surface area (Å²) in [7, 11) is 3.95. The molecule has 0 aliphatic heterocycles.